The maximum Gasteiger partial charge on any atom is 0.315 e. The van der Waals surface area contributed by atoms with Crippen molar-refractivity contribution in [2.75, 3.05) is 6.54 Å². The van der Waals surface area contributed by atoms with Crippen LogP contribution < -0.4 is 11.5 Å². The van der Waals surface area contributed by atoms with Gasteiger partial charge in [0.05, 0.1) is 5.92 Å². The Morgan fingerprint density at radius 1 is 1.38 bits per heavy atom. The molecule has 0 saturated carbocycles. The molecule has 0 aromatic heterocycles. The van der Waals surface area contributed by atoms with E-state index in [0.717, 1.165) is 12.8 Å². The minimum atomic E-state index is -0.474. The molecule has 2 unspecified atom stereocenters. The molecule has 3 amide bonds. The zero-order chi connectivity index (χ0) is 10.0. The van der Waals surface area contributed by atoms with E-state index in [0.29, 0.717) is 6.54 Å². The van der Waals surface area contributed by atoms with Crippen molar-refractivity contribution in [3.05, 3.63) is 0 Å². The third-order valence-corrected chi connectivity index (χ3v) is 2.64. The van der Waals surface area contributed by atoms with Gasteiger partial charge in [0.25, 0.3) is 0 Å². The van der Waals surface area contributed by atoms with E-state index in [9.17, 15) is 9.59 Å². The molecule has 4 N–H and O–H groups in total. The molecule has 1 aliphatic rings. The van der Waals surface area contributed by atoms with Gasteiger partial charge in [-0.3, -0.25) is 4.79 Å². The Morgan fingerprint density at radius 2 is 2.00 bits per heavy atom. The van der Waals surface area contributed by atoms with Crippen molar-refractivity contribution < 1.29 is 9.59 Å². The minimum absolute atomic E-state index is 0.163. The smallest absolute Gasteiger partial charge is 0.315 e. The molecule has 1 rings (SSSR count). The highest BCUT2D eigenvalue weighted by Crippen LogP contribution is 2.22. The second-order valence-electron chi connectivity index (χ2n) is 3.42. The topological polar surface area (TPSA) is 89.4 Å². The van der Waals surface area contributed by atoms with Crippen LogP contribution >= 0.6 is 0 Å². The second-order valence-corrected chi connectivity index (χ2v) is 3.42. The number of rotatable bonds is 1. The molecular weight excluding hydrogens is 170 g/mol. The van der Waals surface area contributed by atoms with Crippen LogP contribution in [0.15, 0.2) is 0 Å². The lowest BCUT2D eigenvalue weighted by Gasteiger charge is -2.36. The Bertz CT molecular complexity index is 207. The molecule has 5 nitrogen and oxygen atoms in total. The average molecular weight is 185 g/mol. The molecular formula is C8H15N3O2. The highest BCUT2D eigenvalue weighted by atomic mass is 16.2. The summed E-state index contributed by atoms with van der Waals surface area (Å²) in [5.41, 5.74) is 10.4. The lowest BCUT2D eigenvalue weighted by atomic mass is 9.90. The van der Waals surface area contributed by atoms with E-state index in [4.69, 9.17) is 11.5 Å². The highest BCUT2D eigenvalue weighted by molar-refractivity contribution is 5.79. The van der Waals surface area contributed by atoms with Gasteiger partial charge >= 0.3 is 6.03 Å². The van der Waals surface area contributed by atoms with Gasteiger partial charge in [-0.25, -0.2) is 4.79 Å². The molecule has 13 heavy (non-hydrogen) atoms. The number of carbonyl (C=O) groups is 2. The SMILES string of the molecule is CC1C(C(N)=O)CCCN1C(N)=O. The van der Waals surface area contributed by atoms with Gasteiger partial charge in [-0.15, -0.1) is 0 Å². The summed E-state index contributed by atoms with van der Waals surface area (Å²) >= 11 is 0. The van der Waals surface area contributed by atoms with Crippen LogP contribution in [0, 0.1) is 5.92 Å². The Kier molecular flexibility index (Phi) is 2.75. The molecule has 0 aromatic rings. The maximum atomic E-state index is 11.0. The van der Waals surface area contributed by atoms with Crippen molar-refractivity contribution in [1.82, 2.24) is 4.90 Å². The van der Waals surface area contributed by atoms with E-state index in [-0.39, 0.29) is 17.9 Å². The minimum Gasteiger partial charge on any atom is -0.369 e. The lowest BCUT2D eigenvalue weighted by Crippen LogP contribution is -2.52. The largest absolute Gasteiger partial charge is 0.369 e. The van der Waals surface area contributed by atoms with E-state index in [1.807, 2.05) is 0 Å². The van der Waals surface area contributed by atoms with Crippen LogP contribution in [0.2, 0.25) is 0 Å². The van der Waals surface area contributed by atoms with Crippen molar-refractivity contribution in [1.29, 1.82) is 0 Å². The van der Waals surface area contributed by atoms with Gasteiger partial charge in [0.15, 0.2) is 0 Å². The van der Waals surface area contributed by atoms with E-state index in [1.165, 1.54) is 4.90 Å². The van der Waals surface area contributed by atoms with Crippen LogP contribution in [0.1, 0.15) is 19.8 Å². The number of hydrogen-bond acceptors (Lipinski definition) is 2. The number of amides is 3. The van der Waals surface area contributed by atoms with Crippen molar-refractivity contribution in [3.8, 4) is 0 Å². The van der Waals surface area contributed by atoms with Gasteiger partial charge in [0.1, 0.15) is 0 Å². The Hall–Kier alpha value is -1.26. The maximum absolute atomic E-state index is 11.0. The van der Waals surface area contributed by atoms with Crippen LogP contribution in [0.3, 0.4) is 0 Å². The Balaban J connectivity index is 2.71. The first-order chi connectivity index (χ1) is 6.04. The summed E-state index contributed by atoms with van der Waals surface area (Å²) in [5.74, 6) is -0.598. The van der Waals surface area contributed by atoms with Crippen LogP contribution in [0.5, 0.6) is 0 Å². The molecule has 0 bridgehead atoms. The summed E-state index contributed by atoms with van der Waals surface area (Å²) in [7, 11) is 0. The van der Waals surface area contributed by atoms with Crippen LogP contribution in [-0.4, -0.2) is 29.4 Å². The van der Waals surface area contributed by atoms with Crippen LogP contribution in [0.4, 0.5) is 4.79 Å². The number of nitrogens with zero attached hydrogens (tertiary/aromatic N) is 1. The standard InChI is InChI=1S/C8H15N3O2/c1-5-6(7(9)12)3-2-4-11(5)8(10)13/h5-6H,2-4H2,1H3,(H2,9,12)(H2,10,13). The third kappa shape index (κ3) is 1.91. The molecule has 0 spiro atoms. The van der Waals surface area contributed by atoms with Gasteiger partial charge in [-0.1, -0.05) is 0 Å². The van der Waals surface area contributed by atoms with Crippen molar-refractivity contribution >= 4 is 11.9 Å². The van der Waals surface area contributed by atoms with Crippen molar-refractivity contribution in [2.24, 2.45) is 17.4 Å². The van der Waals surface area contributed by atoms with Gasteiger partial charge in [0.2, 0.25) is 5.91 Å². The number of carbonyl (C=O) groups excluding carboxylic acids is 2. The number of nitrogens with two attached hydrogens (primary N) is 2. The molecule has 1 fully saturated rings. The van der Waals surface area contributed by atoms with E-state index in [2.05, 4.69) is 0 Å². The van der Waals surface area contributed by atoms with Gasteiger partial charge in [-0.2, -0.15) is 0 Å². The average Bonchev–Trinajstić information content (AvgIpc) is 2.03. The summed E-state index contributed by atoms with van der Waals surface area (Å²) in [6, 6.07) is -0.637. The molecule has 2 atom stereocenters. The fourth-order valence-electron chi connectivity index (χ4n) is 1.83. The number of primary amides is 2. The highest BCUT2D eigenvalue weighted by Gasteiger charge is 2.33. The number of likely N-dealkylation sites (tertiary alicyclic amines) is 1. The summed E-state index contributed by atoms with van der Waals surface area (Å²) in [5, 5.41) is 0. The molecule has 0 radical (unpaired) electrons. The first-order valence-electron chi connectivity index (χ1n) is 4.39. The van der Waals surface area contributed by atoms with Crippen molar-refractivity contribution in [3.63, 3.8) is 0 Å². The number of piperidine rings is 1. The van der Waals surface area contributed by atoms with E-state index in [1.54, 1.807) is 6.92 Å². The summed E-state index contributed by atoms with van der Waals surface area (Å²) in [6.45, 7) is 2.43. The normalized spacial score (nSPS) is 28.5. The monoisotopic (exact) mass is 185 g/mol. The zero-order valence-corrected chi connectivity index (χ0v) is 7.69. The van der Waals surface area contributed by atoms with E-state index < -0.39 is 6.03 Å². The summed E-state index contributed by atoms with van der Waals surface area (Å²) < 4.78 is 0. The molecule has 1 saturated heterocycles. The lowest BCUT2D eigenvalue weighted by molar-refractivity contribution is -0.124. The second kappa shape index (κ2) is 3.64. The number of urea groups is 1. The quantitative estimate of drug-likeness (QED) is 0.584. The van der Waals surface area contributed by atoms with Gasteiger partial charge in [-0.05, 0) is 19.8 Å². The fourth-order valence-corrected chi connectivity index (χ4v) is 1.83. The molecule has 1 heterocycles. The first kappa shape index (κ1) is 9.83. The Morgan fingerprint density at radius 3 is 2.46 bits per heavy atom. The summed E-state index contributed by atoms with van der Waals surface area (Å²) in [4.78, 5) is 23.4. The fraction of sp³-hybridized carbons (Fsp3) is 0.750. The van der Waals surface area contributed by atoms with Gasteiger partial charge in [0, 0.05) is 12.6 Å². The van der Waals surface area contributed by atoms with E-state index >= 15 is 0 Å². The Labute approximate surface area is 77.1 Å². The van der Waals surface area contributed by atoms with Crippen molar-refractivity contribution in [2.45, 2.75) is 25.8 Å². The number of hydrogen-bond donors (Lipinski definition) is 2. The molecule has 74 valence electrons. The predicted molar refractivity (Wildman–Crippen MR) is 47.7 cm³/mol. The zero-order valence-electron chi connectivity index (χ0n) is 7.69. The molecule has 5 heteroatoms. The van der Waals surface area contributed by atoms with Crippen LogP contribution in [0.25, 0.3) is 0 Å². The first-order valence-corrected chi connectivity index (χ1v) is 4.39. The molecule has 0 aliphatic carbocycles. The molecule has 1 aliphatic heterocycles. The third-order valence-electron chi connectivity index (χ3n) is 2.64. The summed E-state index contributed by atoms with van der Waals surface area (Å²) in [6.07, 6.45) is 1.54. The predicted octanol–water partition coefficient (Wildman–Crippen LogP) is -0.349. The van der Waals surface area contributed by atoms with Crippen LogP contribution in [-0.2, 0) is 4.79 Å². The van der Waals surface area contributed by atoms with Gasteiger partial charge < -0.3 is 16.4 Å². The molecule has 0 aromatic carbocycles.